The number of ether oxygens (including phenoxy) is 1. The van der Waals surface area contributed by atoms with E-state index in [0.29, 0.717) is 11.3 Å². The number of anilines is 1. The molecule has 9 heteroatoms. The molecule has 0 atom stereocenters. The highest BCUT2D eigenvalue weighted by atomic mass is 32.2. The number of thioether (sulfide) groups is 1. The van der Waals surface area contributed by atoms with Gasteiger partial charge >= 0.3 is 5.97 Å². The van der Waals surface area contributed by atoms with Crippen LogP contribution in [-0.2, 0) is 14.3 Å². The quantitative estimate of drug-likeness (QED) is 0.410. The predicted octanol–water partition coefficient (Wildman–Crippen LogP) is 3.46. The Balaban J connectivity index is 1.25. The van der Waals surface area contributed by atoms with Gasteiger partial charge in [0, 0.05) is 6.04 Å². The maximum atomic E-state index is 12.3. The monoisotopic (exact) mass is 441 g/mol. The van der Waals surface area contributed by atoms with Crippen LogP contribution in [0.25, 0.3) is 10.2 Å². The van der Waals surface area contributed by atoms with E-state index in [1.54, 1.807) is 24.3 Å². The second kappa shape index (κ2) is 9.27. The lowest BCUT2D eigenvalue weighted by atomic mass is 10.1. The highest BCUT2D eigenvalue weighted by molar-refractivity contribution is 8.01. The van der Waals surface area contributed by atoms with Gasteiger partial charge in [0.15, 0.2) is 10.9 Å². The Morgan fingerprint density at radius 3 is 2.67 bits per heavy atom. The lowest BCUT2D eigenvalue weighted by Gasteiger charge is -2.11. The van der Waals surface area contributed by atoms with Gasteiger partial charge in [0.2, 0.25) is 0 Å². The Kier molecular flexibility index (Phi) is 6.29. The molecule has 0 unspecified atom stereocenters. The first-order chi connectivity index (χ1) is 14.6. The second-order valence-corrected chi connectivity index (χ2v) is 8.99. The maximum Gasteiger partial charge on any atom is 0.316 e. The van der Waals surface area contributed by atoms with Crippen LogP contribution < -0.4 is 10.6 Å². The van der Waals surface area contributed by atoms with Gasteiger partial charge in [-0.15, -0.1) is 11.3 Å². The fraction of sp³-hybridized carbons (Fsp3) is 0.238. The lowest BCUT2D eigenvalue weighted by molar-refractivity contribution is -0.144. The van der Waals surface area contributed by atoms with Crippen molar-refractivity contribution in [3.8, 4) is 0 Å². The molecule has 3 aromatic rings. The molecule has 2 amide bonds. The maximum absolute atomic E-state index is 12.3. The molecule has 2 N–H and O–H groups in total. The first-order valence-corrected chi connectivity index (χ1v) is 11.2. The molecular formula is C21H19N3O4S2. The first kappa shape index (κ1) is 20.4. The van der Waals surface area contributed by atoms with Crippen LogP contribution in [0.4, 0.5) is 5.69 Å². The van der Waals surface area contributed by atoms with Crippen LogP contribution in [0.1, 0.15) is 23.2 Å². The van der Waals surface area contributed by atoms with Crippen molar-refractivity contribution in [2.45, 2.75) is 23.2 Å². The first-order valence-electron chi connectivity index (χ1n) is 9.42. The zero-order chi connectivity index (χ0) is 20.9. The standard InChI is InChI=1S/C21H19N3O4S2/c25-18(23-15-6-2-1-5-14(15)20(27)22-13-9-10-13)11-28-19(26)12-29-21-24-16-7-3-4-8-17(16)30-21/h1-8,13H,9-12H2,(H,22,27)(H,23,25). The summed E-state index contributed by atoms with van der Waals surface area (Å²) >= 11 is 2.78. The zero-order valence-electron chi connectivity index (χ0n) is 15.9. The number of thiazole rings is 1. The van der Waals surface area contributed by atoms with E-state index in [4.69, 9.17) is 4.74 Å². The van der Waals surface area contributed by atoms with Gasteiger partial charge in [-0.2, -0.15) is 0 Å². The Morgan fingerprint density at radius 2 is 1.87 bits per heavy atom. The van der Waals surface area contributed by atoms with Gasteiger partial charge < -0.3 is 15.4 Å². The van der Waals surface area contributed by atoms with Gasteiger partial charge in [0.25, 0.3) is 11.8 Å². The Labute approximate surface area is 181 Å². The van der Waals surface area contributed by atoms with E-state index >= 15 is 0 Å². The van der Waals surface area contributed by atoms with E-state index in [0.717, 1.165) is 27.4 Å². The zero-order valence-corrected chi connectivity index (χ0v) is 17.6. The third kappa shape index (κ3) is 5.37. The third-order valence-electron chi connectivity index (χ3n) is 4.31. The number of hydrogen-bond acceptors (Lipinski definition) is 7. The lowest BCUT2D eigenvalue weighted by Crippen LogP contribution is -2.28. The fourth-order valence-electron chi connectivity index (χ4n) is 2.69. The number of para-hydroxylation sites is 2. The summed E-state index contributed by atoms with van der Waals surface area (Å²) in [4.78, 5) is 40.9. The number of benzene rings is 2. The SMILES string of the molecule is O=C(COC(=O)CSc1nc2ccccc2s1)Nc1ccccc1C(=O)NC1CC1. The number of aromatic nitrogens is 1. The molecule has 0 radical (unpaired) electrons. The Morgan fingerprint density at radius 1 is 1.10 bits per heavy atom. The summed E-state index contributed by atoms with van der Waals surface area (Å²) in [5.41, 5.74) is 1.66. The van der Waals surface area contributed by atoms with Crippen molar-refractivity contribution in [2.24, 2.45) is 0 Å². The number of nitrogens with one attached hydrogen (secondary N) is 2. The number of fused-ring (bicyclic) bond motifs is 1. The van der Waals surface area contributed by atoms with Gasteiger partial charge in [-0.3, -0.25) is 14.4 Å². The summed E-state index contributed by atoms with van der Waals surface area (Å²) in [7, 11) is 0. The smallest absolute Gasteiger partial charge is 0.316 e. The second-order valence-electron chi connectivity index (χ2n) is 6.74. The van der Waals surface area contributed by atoms with Gasteiger partial charge in [-0.05, 0) is 37.1 Å². The molecule has 1 fully saturated rings. The van der Waals surface area contributed by atoms with Crippen LogP contribution in [0.3, 0.4) is 0 Å². The molecule has 0 bridgehead atoms. The highest BCUT2D eigenvalue weighted by Crippen LogP contribution is 2.29. The summed E-state index contributed by atoms with van der Waals surface area (Å²) in [5, 5.41) is 5.53. The number of esters is 1. The molecule has 1 aliphatic rings. The van der Waals surface area contributed by atoms with E-state index in [9.17, 15) is 14.4 Å². The fourth-order valence-corrected chi connectivity index (χ4v) is 4.55. The van der Waals surface area contributed by atoms with Crippen LogP contribution in [0, 0.1) is 0 Å². The summed E-state index contributed by atoms with van der Waals surface area (Å²) < 4.78 is 6.88. The van der Waals surface area contributed by atoms with E-state index in [1.165, 1.54) is 23.1 Å². The predicted molar refractivity (Wildman–Crippen MR) is 117 cm³/mol. The average molecular weight is 442 g/mol. The van der Waals surface area contributed by atoms with Crippen LogP contribution in [-0.4, -0.2) is 41.2 Å². The van der Waals surface area contributed by atoms with Crippen molar-refractivity contribution in [3.63, 3.8) is 0 Å². The largest absolute Gasteiger partial charge is 0.455 e. The van der Waals surface area contributed by atoms with E-state index in [-0.39, 0.29) is 17.7 Å². The number of carbonyl (C=O) groups is 3. The van der Waals surface area contributed by atoms with Gasteiger partial charge in [0.05, 0.1) is 27.2 Å². The molecule has 4 rings (SSSR count). The number of carbonyl (C=O) groups excluding carboxylic acids is 3. The van der Waals surface area contributed by atoms with Crippen molar-refractivity contribution in [3.05, 3.63) is 54.1 Å². The Hall–Kier alpha value is -2.91. The van der Waals surface area contributed by atoms with Crippen LogP contribution in [0.2, 0.25) is 0 Å². The topological polar surface area (TPSA) is 97.4 Å². The molecule has 30 heavy (non-hydrogen) atoms. The minimum atomic E-state index is -0.505. The average Bonchev–Trinajstić information content (AvgIpc) is 3.46. The molecule has 154 valence electrons. The third-order valence-corrected chi connectivity index (χ3v) is 6.46. The van der Waals surface area contributed by atoms with Crippen LogP contribution >= 0.6 is 23.1 Å². The molecule has 7 nitrogen and oxygen atoms in total. The highest BCUT2D eigenvalue weighted by Gasteiger charge is 2.25. The van der Waals surface area contributed by atoms with Crippen LogP contribution in [0.15, 0.2) is 52.9 Å². The van der Waals surface area contributed by atoms with Crippen molar-refractivity contribution in [1.82, 2.24) is 10.3 Å². The van der Waals surface area contributed by atoms with Gasteiger partial charge in [0.1, 0.15) is 0 Å². The number of nitrogens with zero attached hydrogens (tertiary/aromatic N) is 1. The summed E-state index contributed by atoms with van der Waals surface area (Å²) in [6, 6.07) is 14.7. The summed E-state index contributed by atoms with van der Waals surface area (Å²) in [5.74, 6) is -1.17. The van der Waals surface area contributed by atoms with Crippen molar-refractivity contribution in [1.29, 1.82) is 0 Å². The van der Waals surface area contributed by atoms with Crippen molar-refractivity contribution in [2.75, 3.05) is 17.7 Å². The molecule has 0 aliphatic heterocycles. The van der Waals surface area contributed by atoms with Crippen LogP contribution in [0.5, 0.6) is 0 Å². The molecule has 1 aromatic heterocycles. The van der Waals surface area contributed by atoms with Crippen molar-refractivity contribution >= 4 is 56.8 Å². The normalized spacial score (nSPS) is 13.1. The molecule has 1 saturated carbocycles. The van der Waals surface area contributed by atoms with Gasteiger partial charge in [-0.1, -0.05) is 36.0 Å². The number of hydrogen-bond donors (Lipinski definition) is 2. The number of rotatable bonds is 8. The number of amides is 2. The summed E-state index contributed by atoms with van der Waals surface area (Å²) in [6.45, 7) is -0.419. The molecule has 1 heterocycles. The molecule has 0 spiro atoms. The van der Waals surface area contributed by atoms with E-state index in [1.807, 2.05) is 24.3 Å². The van der Waals surface area contributed by atoms with E-state index < -0.39 is 18.5 Å². The Bertz CT molecular complexity index is 1060. The van der Waals surface area contributed by atoms with Gasteiger partial charge in [-0.25, -0.2) is 4.98 Å². The summed E-state index contributed by atoms with van der Waals surface area (Å²) in [6.07, 6.45) is 1.95. The molecule has 1 aliphatic carbocycles. The molecule has 0 saturated heterocycles. The molecule has 2 aromatic carbocycles. The molecular weight excluding hydrogens is 422 g/mol. The van der Waals surface area contributed by atoms with E-state index in [2.05, 4.69) is 15.6 Å². The minimum Gasteiger partial charge on any atom is -0.455 e. The minimum absolute atomic E-state index is 0.0630. The van der Waals surface area contributed by atoms with Crippen molar-refractivity contribution < 1.29 is 19.1 Å².